The molecule has 1 fully saturated rings. The van der Waals surface area contributed by atoms with Crippen molar-refractivity contribution in [2.24, 2.45) is 0 Å². The molecule has 1 saturated heterocycles. The molecule has 1 amide bonds. The highest BCUT2D eigenvalue weighted by molar-refractivity contribution is 5.68. The Labute approximate surface area is 134 Å². The van der Waals surface area contributed by atoms with Crippen molar-refractivity contribution in [3.05, 3.63) is 12.2 Å². The van der Waals surface area contributed by atoms with Crippen LogP contribution in [0.2, 0.25) is 0 Å². The highest BCUT2D eigenvalue weighted by Gasteiger charge is 2.30. The van der Waals surface area contributed by atoms with Crippen molar-refractivity contribution < 1.29 is 19.0 Å². The number of hydrogen-bond acceptors (Lipinski definition) is 4. The molecule has 1 rings (SSSR count). The lowest BCUT2D eigenvalue weighted by atomic mass is 10.1. The summed E-state index contributed by atoms with van der Waals surface area (Å²) in [5, 5.41) is 0. The summed E-state index contributed by atoms with van der Waals surface area (Å²) >= 11 is 0. The number of hydrogen-bond donors (Lipinski definition) is 0. The van der Waals surface area contributed by atoms with Crippen molar-refractivity contribution >= 4 is 6.09 Å². The van der Waals surface area contributed by atoms with E-state index in [4.69, 9.17) is 14.2 Å². The van der Waals surface area contributed by atoms with Crippen LogP contribution in [-0.4, -0.2) is 48.7 Å². The molecule has 5 heteroatoms. The minimum atomic E-state index is -0.485. The van der Waals surface area contributed by atoms with E-state index in [0.717, 1.165) is 19.3 Å². The summed E-state index contributed by atoms with van der Waals surface area (Å²) in [6.07, 6.45) is 6.31. The molecule has 0 N–H and O–H groups in total. The molecular weight excluding hydrogens is 282 g/mol. The van der Waals surface area contributed by atoms with Crippen LogP contribution in [0.1, 0.15) is 53.9 Å². The van der Waals surface area contributed by atoms with Gasteiger partial charge in [-0.15, -0.1) is 0 Å². The van der Waals surface area contributed by atoms with Gasteiger partial charge < -0.3 is 14.2 Å². The van der Waals surface area contributed by atoms with Gasteiger partial charge in [-0.05, 0) is 53.9 Å². The zero-order valence-corrected chi connectivity index (χ0v) is 14.8. The molecule has 0 radical (unpaired) electrons. The lowest BCUT2D eigenvalue weighted by Crippen LogP contribution is -2.47. The van der Waals surface area contributed by atoms with Gasteiger partial charge in [-0.1, -0.05) is 12.2 Å². The minimum Gasteiger partial charge on any atom is -0.444 e. The van der Waals surface area contributed by atoms with E-state index in [0.29, 0.717) is 13.2 Å². The molecule has 1 heterocycles. The highest BCUT2D eigenvalue weighted by atomic mass is 16.6. The normalized spacial score (nSPS) is 20.5. The summed E-state index contributed by atoms with van der Waals surface area (Å²) in [7, 11) is 1.68. The Hall–Kier alpha value is -1.07. The largest absolute Gasteiger partial charge is 0.444 e. The molecule has 0 aromatic rings. The first kappa shape index (κ1) is 19.0. The third-order valence-electron chi connectivity index (χ3n) is 3.51. The molecule has 0 saturated carbocycles. The molecule has 128 valence electrons. The average molecular weight is 313 g/mol. The summed E-state index contributed by atoms with van der Waals surface area (Å²) in [5.74, 6) is 0. The topological polar surface area (TPSA) is 48.0 Å². The van der Waals surface area contributed by atoms with Crippen LogP contribution in [0, 0.1) is 0 Å². The number of piperidine rings is 1. The summed E-state index contributed by atoms with van der Waals surface area (Å²) in [6, 6.07) is 0. The smallest absolute Gasteiger partial charge is 0.412 e. The number of amides is 1. The van der Waals surface area contributed by atoms with E-state index < -0.39 is 5.60 Å². The SMILES string of the molecule is COC(C)(C)/C=C\COC1CCCCN1C(=O)OC(C)(C)C. The molecule has 0 bridgehead atoms. The molecule has 1 aliphatic rings. The molecule has 22 heavy (non-hydrogen) atoms. The fourth-order valence-electron chi connectivity index (χ4n) is 2.17. The summed E-state index contributed by atoms with van der Waals surface area (Å²) < 4.78 is 16.6. The number of nitrogens with zero attached hydrogens (tertiary/aromatic N) is 1. The van der Waals surface area contributed by atoms with Crippen LogP contribution in [-0.2, 0) is 14.2 Å². The van der Waals surface area contributed by atoms with Crippen molar-refractivity contribution in [3.8, 4) is 0 Å². The summed E-state index contributed by atoms with van der Waals surface area (Å²) in [5.41, 5.74) is -0.789. The second-order valence-electron chi connectivity index (χ2n) is 7.17. The average Bonchev–Trinajstić information content (AvgIpc) is 2.42. The fraction of sp³-hybridized carbons (Fsp3) is 0.824. The molecular formula is C17H31NO4. The van der Waals surface area contributed by atoms with Gasteiger partial charge in [0.2, 0.25) is 0 Å². The van der Waals surface area contributed by atoms with Crippen LogP contribution in [0.25, 0.3) is 0 Å². The van der Waals surface area contributed by atoms with Gasteiger partial charge in [0.25, 0.3) is 0 Å². The van der Waals surface area contributed by atoms with Crippen molar-refractivity contribution in [2.75, 3.05) is 20.3 Å². The number of rotatable bonds is 5. The number of carbonyl (C=O) groups is 1. The Morgan fingerprint density at radius 3 is 2.50 bits per heavy atom. The van der Waals surface area contributed by atoms with E-state index >= 15 is 0 Å². The van der Waals surface area contributed by atoms with Gasteiger partial charge in [0.1, 0.15) is 11.8 Å². The van der Waals surface area contributed by atoms with Crippen LogP contribution in [0.3, 0.4) is 0 Å². The van der Waals surface area contributed by atoms with Crippen LogP contribution in [0.4, 0.5) is 4.79 Å². The standard InChI is InChI=1S/C17H31NO4/c1-16(2,3)22-15(19)18-12-8-7-10-14(18)21-13-9-11-17(4,5)20-6/h9,11,14H,7-8,10,12-13H2,1-6H3/b11-9-. The molecule has 0 spiro atoms. The number of carbonyl (C=O) groups excluding carboxylic acids is 1. The Balaban J connectivity index is 2.53. The maximum atomic E-state index is 12.2. The Bertz CT molecular complexity index is 385. The Kier molecular flexibility index (Phi) is 6.88. The van der Waals surface area contributed by atoms with Crippen LogP contribution < -0.4 is 0 Å². The molecule has 1 aliphatic heterocycles. The number of likely N-dealkylation sites (tertiary alicyclic amines) is 1. The predicted molar refractivity (Wildman–Crippen MR) is 86.8 cm³/mol. The maximum absolute atomic E-state index is 12.2. The zero-order valence-electron chi connectivity index (χ0n) is 14.8. The van der Waals surface area contributed by atoms with Gasteiger partial charge in [-0.25, -0.2) is 4.79 Å². The van der Waals surface area contributed by atoms with Crippen molar-refractivity contribution in [1.82, 2.24) is 4.90 Å². The highest BCUT2D eigenvalue weighted by Crippen LogP contribution is 2.21. The molecule has 1 atom stereocenters. The molecule has 5 nitrogen and oxygen atoms in total. The van der Waals surface area contributed by atoms with Crippen LogP contribution in [0.15, 0.2) is 12.2 Å². The summed E-state index contributed by atoms with van der Waals surface area (Å²) in [6.45, 7) is 10.7. The monoisotopic (exact) mass is 313 g/mol. The third kappa shape index (κ3) is 6.79. The van der Waals surface area contributed by atoms with E-state index in [1.807, 2.05) is 46.8 Å². The van der Waals surface area contributed by atoms with E-state index in [9.17, 15) is 4.79 Å². The Morgan fingerprint density at radius 2 is 1.91 bits per heavy atom. The maximum Gasteiger partial charge on any atom is 0.412 e. The first-order valence-corrected chi connectivity index (χ1v) is 7.99. The van der Waals surface area contributed by atoms with Gasteiger partial charge in [0.15, 0.2) is 0 Å². The third-order valence-corrected chi connectivity index (χ3v) is 3.51. The fourth-order valence-corrected chi connectivity index (χ4v) is 2.17. The van der Waals surface area contributed by atoms with Gasteiger partial charge in [0.05, 0.1) is 12.2 Å². The molecule has 0 aromatic carbocycles. The lowest BCUT2D eigenvalue weighted by Gasteiger charge is -2.36. The van der Waals surface area contributed by atoms with Crippen molar-refractivity contribution in [1.29, 1.82) is 0 Å². The first-order chi connectivity index (χ1) is 10.1. The zero-order chi connectivity index (χ0) is 16.8. The van der Waals surface area contributed by atoms with E-state index in [2.05, 4.69) is 0 Å². The summed E-state index contributed by atoms with van der Waals surface area (Å²) in [4.78, 5) is 13.9. The van der Waals surface area contributed by atoms with Gasteiger partial charge >= 0.3 is 6.09 Å². The van der Waals surface area contributed by atoms with Crippen molar-refractivity contribution in [3.63, 3.8) is 0 Å². The van der Waals surface area contributed by atoms with Crippen LogP contribution >= 0.6 is 0 Å². The number of ether oxygens (including phenoxy) is 3. The van der Waals surface area contributed by atoms with Gasteiger partial charge in [-0.3, -0.25) is 4.90 Å². The quantitative estimate of drug-likeness (QED) is 0.726. The minimum absolute atomic E-state index is 0.209. The Morgan fingerprint density at radius 1 is 1.23 bits per heavy atom. The van der Waals surface area contributed by atoms with Crippen molar-refractivity contribution in [2.45, 2.75) is 71.3 Å². The second kappa shape index (κ2) is 7.97. The van der Waals surface area contributed by atoms with Crippen LogP contribution in [0.5, 0.6) is 0 Å². The van der Waals surface area contributed by atoms with E-state index in [1.165, 1.54) is 0 Å². The van der Waals surface area contributed by atoms with Gasteiger partial charge in [-0.2, -0.15) is 0 Å². The molecule has 0 aliphatic carbocycles. The first-order valence-electron chi connectivity index (χ1n) is 7.99. The van der Waals surface area contributed by atoms with Gasteiger partial charge in [0, 0.05) is 13.7 Å². The van der Waals surface area contributed by atoms with E-state index in [1.54, 1.807) is 12.0 Å². The molecule has 0 aromatic heterocycles. The van der Waals surface area contributed by atoms with E-state index in [-0.39, 0.29) is 17.9 Å². The lowest BCUT2D eigenvalue weighted by molar-refractivity contribution is -0.0755. The predicted octanol–water partition coefficient (Wildman–Crippen LogP) is 3.73. The second-order valence-corrected chi connectivity index (χ2v) is 7.17. The molecule has 1 unspecified atom stereocenters. The number of methoxy groups -OCH3 is 1.